The Kier molecular flexibility index (Phi) is 5.92. The molecule has 0 N–H and O–H groups in total. The lowest BCUT2D eigenvalue weighted by molar-refractivity contribution is 0.470. The van der Waals surface area contributed by atoms with Gasteiger partial charge in [0.05, 0.1) is 5.66 Å². The monoisotopic (exact) mass is 422 g/mol. The van der Waals surface area contributed by atoms with Crippen LogP contribution in [0.5, 0.6) is 0 Å². The minimum atomic E-state index is -1.26. The molecule has 0 amide bonds. The van der Waals surface area contributed by atoms with Crippen LogP contribution in [0, 0.1) is 16.5 Å². The summed E-state index contributed by atoms with van der Waals surface area (Å²) in [6.07, 6.45) is 6.20. The van der Waals surface area contributed by atoms with Crippen LogP contribution in [0.15, 0.2) is 23.3 Å². The summed E-state index contributed by atoms with van der Waals surface area (Å²) in [7, 11) is -1.07. The Morgan fingerprint density at radius 3 is 1.54 bits per heavy atom. The maximum atomic E-state index is 2.57. The summed E-state index contributed by atoms with van der Waals surface area (Å²) in [5.74, 6) is 0. The summed E-state index contributed by atoms with van der Waals surface area (Å²) in [4.78, 5) is 0. The van der Waals surface area contributed by atoms with Crippen LogP contribution >= 0.6 is 15.7 Å². The Hall–Kier alpha value is 0.124. The first-order valence-corrected chi connectivity index (χ1v) is 19.2. The van der Waals surface area contributed by atoms with E-state index in [0.29, 0.717) is 0 Å². The maximum Gasteiger partial charge on any atom is 0.137 e. The summed E-state index contributed by atoms with van der Waals surface area (Å²) in [5.41, 5.74) is 5.52. The van der Waals surface area contributed by atoms with Gasteiger partial charge in [0.1, 0.15) is 33.0 Å². The number of rotatable bonds is 3. The molecule has 146 valence electrons. The van der Waals surface area contributed by atoms with Crippen molar-refractivity contribution >= 4 is 41.2 Å². The molecule has 2 rings (SSSR count). The minimum absolute atomic E-state index is 0.202. The molecule has 0 saturated heterocycles. The van der Waals surface area contributed by atoms with Gasteiger partial charge < -0.3 is 0 Å². The summed E-state index contributed by atoms with van der Waals surface area (Å²) < 4.78 is 3.87. The van der Waals surface area contributed by atoms with Crippen molar-refractivity contribution in [2.24, 2.45) is 10.8 Å². The van der Waals surface area contributed by atoms with Crippen LogP contribution in [0.4, 0.5) is 0 Å². The zero-order valence-electron chi connectivity index (χ0n) is 19.3. The predicted molar refractivity (Wildman–Crippen MR) is 133 cm³/mol. The van der Waals surface area contributed by atoms with E-state index in [2.05, 4.69) is 93.0 Å². The normalized spacial score (nSPS) is 21.8. The van der Waals surface area contributed by atoms with Gasteiger partial charge in [-0.25, -0.2) is 0 Å². The van der Waals surface area contributed by atoms with Crippen molar-refractivity contribution in [3.8, 4) is 0 Å². The Labute approximate surface area is 168 Å². The highest BCUT2D eigenvalue weighted by Gasteiger charge is 2.51. The van der Waals surface area contributed by atoms with E-state index in [9.17, 15) is 0 Å². The number of hydrogen-bond donors (Lipinski definition) is 0. The molecule has 0 spiro atoms. The van der Waals surface area contributed by atoms with Gasteiger partial charge in [-0.3, -0.25) is 0 Å². The quantitative estimate of drug-likeness (QED) is 0.244. The van der Waals surface area contributed by atoms with E-state index in [4.69, 9.17) is 0 Å². The van der Waals surface area contributed by atoms with Crippen LogP contribution in [0.2, 0.25) is 39.3 Å². The lowest BCUT2D eigenvalue weighted by atomic mass is 9.73. The van der Waals surface area contributed by atoms with Gasteiger partial charge in [0.15, 0.2) is 0 Å². The average molecular weight is 423 g/mol. The fraction of sp³-hybridized carbons (Fsp3) is 0.682. The molecule has 0 radical (unpaired) electrons. The molecule has 0 fully saturated rings. The molecule has 2 aliphatic rings. The lowest BCUT2D eigenvalue weighted by Crippen LogP contribution is -2.42. The minimum Gasteiger partial charge on any atom is -0.179 e. The Bertz CT molecular complexity index is 679. The Morgan fingerprint density at radius 1 is 0.808 bits per heavy atom. The highest BCUT2D eigenvalue weighted by molar-refractivity contribution is 8.16. The number of allylic oxidation sites excluding steroid dienone is 4. The largest absolute Gasteiger partial charge is 0.179 e. The SMILES string of the molecule is CC(C)(C)C1=CCC=C(C(C)(C)C)[C-]1[P+]1=C([Si](C)(C)C)P=C1[Si](C)(C)C. The van der Waals surface area contributed by atoms with E-state index in [1.54, 1.807) is 25.0 Å². The summed E-state index contributed by atoms with van der Waals surface area (Å²) in [5, 5.41) is 0. The van der Waals surface area contributed by atoms with Gasteiger partial charge >= 0.3 is 0 Å². The van der Waals surface area contributed by atoms with Crippen LogP contribution in [0.3, 0.4) is 0 Å². The second-order valence-corrected chi connectivity index (χ2v) is 27.4. The van der Waals surface area contributed by atoms with Gasteiger partial charge in [-0.1, -0.05) is 80.8 Å². The predicted octanol–water partition coefficient (Wildman–Crippen LogP) is 8.32. The van der Waals surface area contributed by atoms with Crippen molar-refractivity contribution in [2.45, 2.75) is 87.2 Å². The highest BCUT2D eigenvalue weighted by Crippen LogP contribution is 2.65. The van der Waals surface area contributed by atoms with E-state index in [1.807, 2.05) is 9.32 Å². The first-order valence-electron chi connectivity index (χ1n) is 10.0. The summed E-state index contributed by atoms with van der Waals surface area (Å²) in [6, 6.07) is 0. The van der Waals surface area contributed by atoms with E-state index in [1.165, 1.54) is 0 Å². The second kappa shape index (κ2) is 6.87. The Balaban J connectivity index is 2.72. The molecule has 1 unspecified atom stereocenters. The fourth-order valence-corrected chi connectivity index (χ4v) is 19.6. The third-order valence-corrected chi connectivity index (χ3v) is 21.7. The van der Waals surface area contributed by atoms with Crippen LogP contribution in [0.25, 0.3) is 0 Å². The van der Waals surface area contributed by atoms with E-state index in [0.717, 1.165) is 6.42 Å². The van der Waals surface area contributed by atoms with Crippen LogP contribution in [-0.2, 0) is 0 Å². The zero-order valence-corrected chi connectivity index (χ0v) is 23.0. The molecule has 0 aromatic carbocycles. The summed E-state index contributed by atoms with van der Waals surface area (Å²) in [6.45, 7) is 29.9. The Morgan fingerprint density at radius 2 is 1.23 bits per heavy atom. The van der Waals surface area contributed by atoms with Crippen molar-refractivity contribution < 1.29 is 0 Å². The molecule has 1 heterocycles. The molecule has 0 bridgehead atoms. The van der Waals surface area contributed by atoms with E-state index in [-0.39, 0.29) is 18.4 Å². The van der Waals surface area contributed by atoms with Gasteiger partial charge in [0.25, 0.3) is 0 Å². The molecular weight excluding hydrogens is 382 g/mol. The van der Waals surface area contributed by atoms with Crippen molar-refractivity contribution in [1.82, 2.24) is 0 Å². The molecule has 1 aliphatic carbocycles. The smallest absolute Gasteiger partial charge is 0.137 e. The standard InChI is InChI=1S/C22H40P2Si2/c1-21(2,3)16-14-13-15-17(22(4,5)6)18(16)24-19(25(7,8)9)23-20(24)26(10,11)12/h14-15H,13H2,1-12H3. The second-order valence-electron chi connectivity index (χ2n) is 11.9. The molecule has 0 nitrogen and oxygen atoms in total. The third kappa shape index (κ3) is 4.40. The summed E-state index contributed by atoms with van der Waals surface area (Å²) >= 11 is 0. The molecule has 0 aromatic rings. The van der Waals surface area contributed by atoms with Gasteiger partial charge in [0, 0.05) is 8.20 Å². The molecular formula is C22H40P2Si2. The molecule has 0 saturated carbocycles. The maximum absolute atomic E-state index is 2.57. The molecule has 1 aliphatic heterocycles. The fourth-order valence-electron chi connectivity index (χ4n) is 3.67. The van der Waals surface area contributed by atoms with E-state index >= 15 is 0 Å². The van der Waals surface area contributed by atoms with Gasteiger partial charge in [0.2, 0.25) is 0 Å². The van der Waals surface area contributed by atoms with Crippen molar-refractivity contribution in [3.63, 3.8) is 0 Å². The van der Waals surface area contributed by atoms with Gasteiger partial charge in [-0.2, -0.15) is 12.2 Å². The molecule has 26 heavy (non-hydrogen) atoms. The van der Waals surface area contributed by atoms with Gasteiger partial charge in [-0.05, 0) is 10.8 Å². The van der Waals surface area contributed by atoms with Crippen molar-refractivity contribution in [1.29, 1.82) is 0 Å². The van der Waals surface area contributed by atoms with Crippen molar-refractivity contribution in [3.05, 3.63) is 29.0 Å². The lowest BCUT2D eigenvalue weighted by Gasteiger charge is -2.45. The topological polar surface area (TPSA) is 0 Å². The van der Waals surface area contributed by atoms with E-state index < -0.39 is 16.1 Å². The zero-order chi connectivity index (χ0) is 20.3. The van der Waals surface area contributed by atoms with Crippen LogP contribution < -0.4 is 0 Å². The number of hydrogen-bond acceptors (Lipinski definition) is 0. The average Bonchev–Trinajstić information content (AvgIpc) is 2.31. The van der Waals surface area contributed by atoms with Crippen molar-refractivity contribution in [2.75, 3.05) is 0 Å². The van der Waals surface area contributed by atoms with Crippen LogP contribution in [0.1, 0.15) is 48.0 Å². The molecule has 0 aromatic heterocycles. The third-order valence-electron chi connectivity index (χ3n) is 4.97. The van der Waals surface area contributed by atoms with Crippen LogP contribution in [-0.4, -0.2) is 25.5 Å². The molecule has 1 atom stereocenters. The highest BCUT2D eigenvalue weighted by atomic mass is 31.2. The first kappa shape index (κ1) is 22.4. The molecule has 4 heteroatoms. The van der Waals surface area contributed by atoms with Gasteiger partial charge in [-0.15, -0.1) is 17.6 Å². The first-order chi connectivity index (χ1) is 11.5.